The Balaban J connectivity index is 2.36. The minimum absolute atomic E-state index is 0.618. The fourth-order valence-electron chi connectivity index (χ4n) is 1.05. The lowest BCUT2D eigenvalue weighted by Gasteiger charge is -1.96. The summed E-state index contributed by atoms with van der Waals surface area (Å²) in [6, 6.07) is 9.80. The number of aromatic nitrogens is 3. The first kappa shape index (κ1) is 8.31. The summed E-state index contributed by atoms with van der Waals surface area (Å²) < 4.78 is 0. The summed E-state index contributed by atoms with van der Waals surface area (Å²) in [7, 11) is 0. The van der Waals surface area contributed by atoms with Crippen LogP contribution < -0.4 is 0 Å². The van der Waals surface area contributed by atoms with Crippen LogP contribution in [0, 0.1) is 0 Å². The molecule has 1 aromatic heterocycles. The molecule has 0 aliphatic carbocycles. The van der Waals surface area contributed by atoms with Gasteiger partial charge in [0.05, 0.1) is 17.6 Å². The van der Waals surface area contributed by atoms with E-state index in [0.717, 1.165) is 11.4 Å². The molecule has 66 valence electrons. The van der Waals surface area contributed by atoms with E-state index in [1.54, 1.807) is 11.0 Å². The van der Waals surface area contributed by atoms with Crippen LogP contribution >= 0.6 is 12.6 Å². The summed E-state index contributed by atoms with van der Waals surface area (Å²) >= 11 is 4.12. The van der Waals surface area contributed by atoms with Crippen molar-refractivity contribution in [2.24, 2.45) is 0 Å². The maximum absolute atomic E-state index is 4.23. The summed E-state index contributed by atoms with van der Waals surface area (Å²) in [5.74, 6) is 0.618. The highest BCUT2D eigenvalue weighted by atomic mass is 32.1. The molecule has 1 aromatic carbocycles. The summed E-state index contributed by atoms with van der Waals surface area (Å²) in [6.45, 7) is 0. The first-order chi connectivity index (χ1) is 6.40. The van der Waals surface area contributed by atoms with E-state index in [1.165, 1.54) is 0 Å². The van der Waals surface area contributed by atoms with Crippen molar-refractivity contribution in [1.29, 1.82) is 0 Å². The van der Waals surface area contributed by atoms with Crippen LogP contribution in [0.4, 0.5) is 0 Å². The highest BCUT2D eigenvalue weighted by molar-refractivity contribution is 7.79. The number of hydrogen-bond acceptors (Lipinski definition) is 3. The number of hydrogen-bond donors (Lipinski definition) is 1. The van der Waals surface area contributed by atoms with Crippen LogP contribution in [0.5, 0.6) is 0 Å². The average molecular weight is 191 g/mol. The fraction of sp³-hybridized carbons (Fsp3) is 0.111. The van der Waals surface area contributed by atoms with E-state index >= 15 is 0 Å². The lowest BCUT2D eigenvalue weighted by molar-refractivity contribution is 0.745. The summed E-state index contributed by atoms with van der Waals surface area (Å²) in [6.07, 6.45) is 1.72. The van der Waals surface area contributed by atoms with Crippen LogP contribution in [0.2, 0.25) is 0 Å². The van der Waals surface area contributed by atoms with E-state index in [0.29, 0.717) is 5.75 Å². The molecule has 0 aliphatic heterocycles. The molecular formula is C9H9N3S. The predicted octanol–water partition coefficient (Wildman–Crippen LogP) is 1.70. The van der Waals surface area contributed by atoms with Crippen LogP contribution in [0.25, 0.3) is 5.69 Å². The molecule has 2 rings (SSSR count). The third kappa shape index (κ3) is 1.72. The lowest BCUT2D eigenvalue weighted by atomic mass is 10.3. The Morgan fingerprint density at radius 2 is 2.00 bits per heavy atom. The Kier molecular flexibility index (Phi) is 2.31. The van der Waals surface area contributed by atoms with Gasteiger partial charge in [0.1, 0.15) is 0 Å². The molecule has 0 unspecified atom stereocenters. The van der Waals surface area contributed by atoms with E-state index in [2.05, 4.69) is 22.8 Å². The highest BCUT2D eigenvalue weighted by Crippen LogP contribution is 2.04. The number of thiol groups is 1. The molecule has 13 heavy (non-hydrogen) atoms. The normalized spacial score (nSPS) is 10.2. The average Bonchev–Trinajstić information content (AvgIpc) is 2.67. The fourth-order valence-corrected chi connectivity index (χ4v) is 1.20. The van der Waals surface area contributed by atoms with Gasteiger partial charge in [-0.05, 0) is 12.1 Å². The number of benzene rings is 1. The maximum Gasteiger partial charge on any atom is 0.0927 e. The molecule has 3 nitrogen and oxygen atoms in total. The predicted molar refractivity (Wildman–Crippen MR) is 54.0 cm³/mol. The van der Waals surface area contributed by atoms with Crippen LogP contribution in [0.15, 0.2) is 36.5 Å². The molecule has 1 heterocycles. The Morgan fingerprint density at radius 3 is 2.62 bits per heavy atom. The Hall–Kier alpha value is -1.29. The van der Waals surface area contributed by atoms with Gasteiger partial charge in [-0.25, -0.2) is 0 Å². The monoisotopic (exact) mass is 191 g/mol. The van der Waals surface area contributed by atoms with Crippen molar-refractivity contribution in [3.63, 3.8) is 0 Å². The van der Waals surface area contributed by atoms with Crippen molar-refractivity contribution in [2.75, 3.05) is 0 Å². The van der Waals surface area contributed by atoms with Gasteiger partial charge in [-0.1, -0.05) is 18.2 Å². The van der Waals surface area contributed by atoms with Gasteiger partial charge < -0.3 is 0 Å². The van der Waals surface area contributed by atoms with Crippen molar-refractivity contribution < 1.29 is 0 Å². The van der Waals surface area contributed by atoms with Gasteiger partial charge in [-0.15, -0.1) is 0 Å². The first-order valence-corrected chi connectivity index (χ1v) is 4.61. The van der Waals surface area contributed by atoms with Gasteiger partial charge in [0.2, 0.25) is 0 Å². The van der Waals surface area contributed by atoms with Crippen LogP contribution in [-0.4, -0.2) is 15.0 Å². The maximum atomic E-state index is 4.23. The second-order valence-corrected chi connectivity index (χ2v) is 2.94. The van der Waals surface area contributed by atoms with Crippen LogP contribution in [0.1, 0.15) is 5.69 Å². The molecule has 0 N–H and O–H groups in total. The highest BCUT2D eigenvalue weighted by Gasteiger charge is 1.99. The van der Waals surface area contributed by atoms with Gasteiger partial charge >= 0.3 is 0 Å². The zero-order chi connectivity index (χ0) is 9.10. The third-order valence-corrected chi connectivity index (χ3v) is 2.01. The molecule has 0 atom stereocenters. The molecule has 0 bridgehead atoms. The Bertz CT molecular complexity index is 383. The van der Waals surface area contributed by atoms with Crippen LogP contribution in [-0.2, 0) is 5.75 Å². The largest absolute Gasteiger partial charge is 0.173 e. The number of para-hydroxylation sites is 1. The van der Waals surface area contributed by atoms with E-state index in [-0.39, 0.29) is 0 Å². The zero-order valence-corrected chi connectivity index (χ0v) is 7.85. The summed E-state index contributed by atoms with van der Waals surface area (Å²) in [5, 5.41) is 8.34. The van der Waals surface area contributed by atoms with E-state index in [1.807, 2.05) is 30.3 Å². The van der Waals surface area contributed by atoms with Gasteiger partial charge in [-0.2, -0.15) is 27.6 Å². The molecule has 0 spiro atoms. The topological polar surface area (TPSA) is 30.7 Å². The van der Waals surface area contributed by atoms with Crippen molar-refractivity contribution in [3.8, 4) is 5.69 Å². The quantitative estimate of drug-likeness (QED) is 0.732. The molecule has 0 fully saturated rings. The Morgan fingerprint density at radius 1 is 1.23 bits per heavy atom. The van der Waals surface area contributed by atoms with E-state index in [4.69, 9.17) is 0 Å². The molecular weight excluding hydrogens is 182 g/mol. The van der Waals surface area contributed by atoms with Crippen molar-refractivity contribution in [2.45, 2.75) is 5.75 Å². The summed E-state index contributed by atoms with van der Waals surface area (Å²) in [5.41, 5.74) is 1.85. The van der Waals surface area contributed by atoms with E-state index in [9.17, 15) is 0 Å². The van der Waals surface area contributed by atoms with Crippen LogP contribution in [0.3, 0.4) is 0 Å². The smallest absolute Gasteiger partial charge is 0.0927 e. The van der Waals surface area contributed by atoms with Gasteiger partial charge in [0, 0.05) is 5.75 Å². The molecule has 0 radical (unpaired) electrons. The molecule has 4 heteroatoms. The van der Waals surface area contributed by atoms with Crippen molar-refractivity contribution in [1.82, 2.24) is 15.0 Å². The molecule has 0 aliphatic rings. The Labute approximate surface area is 81.8 Å². The lowest BCUT2D eigenvalue weighted by Crippen LogP contribution is -1.98. The minimum atomic E-state index is 0.618. The first-order valence-electron chi connectivity index (χ1n) is 3.97. The number of rotatable bonds is 2. The second-order valence-electron chi connectivity index (χ2n) is 2.62. The van der Waals surface area contributed by atoms with Gasteiger partial charge in [0.15, 0.2) is 0 Å². The van der Waals surface area contributed by atoms with Gasteiger partial charge in [0.25, 0.3) is 0 Å². The molecule has 0 saturated carbocycles. The zero-order valence-electron chi connectivity index (χ0n) is 6.96. The third-order valence-electron chi connectivity index (χ3n) is 1.69. The van der Waals surface area contributed by atoms with Crippen molar-refractivity contribution in [3.05, 3.63) is 42.2 Å². The molecule has 0 saturated heterocycles. The second kappa shape index (κ2) is 3.62. The molecule has 2 aromatic rings. The molecule has 0 amide bonds. The minimum Gasteiger partial charge on any atom is -0.173 e. The van der Waals surface area contributed by atoms with Gasteiger partial charge in [-0.3, -0.25) is 0 Å². The SMILES string of the molecule is SCc1cnn(-c2ccccc2)n1. The standard InChI is InChI=1S/C9H9N3S/c13-7-8-6-10-12(11-8)9-4-2-1-3-5-9/h1-6,13H,7H2. The van der Waals surface area contributed by atoms with E-state index < -0.39 is 0 Å². The van der Waals surface area contributed by atoms with Crippen molar-refractivity contribution >= 4 is 12.6 Å². The number of nitrogens with zero attached hydrogens (tertiary/aromatic N) is 3. The summed E-state index contributed by atoms with van der Waals surface area (Å²) in [4.78, 5) is 1.60.